The molecule has 0 spiro atoms. The van der Waals surface area contributed by atoms with E-state index >= 15 is 0 Å². The minimum Gasteiger partial charge on any atom is -0.481 e. The Morgan fingerprint density at radius 3 is 1.22 bits per heavy atom. The number of ether oxygens (including phenoxy) is 2. The lowest BCUT2D eigenvalue weighted by Gasteiger charge is -2.17. The van der Waals surface area contributed by atoms with Crippen LogP contribution in [0.2, 0.25) is 0 Å². The second-order valence-corrected chi connectivity index (χ2v) is 16.9. The highest BCUT2D eigenvalue weighted by molar-refractivity contribution is 5.88. The minimum atomic E-state index is -1.44. The summed E-state index contributed by atoms with van der Waals surface area (Å²) in [7, 11) is 0. The van der Waals surface area contributed by atoms with Gasteiger partial charge in [-0.05, 0) is 45.4 Å². The van der Waals surface area contributed by atoms with E-state index in [1.165, 1.54) is 32.6 Å². The summed E-state index contributed by atoms with van der Waals surface area (Å²) < 4.78 is 10.5. The number of hydrogen-bond acceptors (Lipinski definition) is 13. The van der Waals surface area contributed by atoms with Crippen LogP contribution >= 0.6 is 0 Å². The second-order valence-electron chi connectivity index (χ2n) is 16.9. The van der Waals surface area contributed by atoms with Crippen LogP contribution in [0.4, 0.5) is 0 Å². The van der Waals surface area contributed by atoms with Gasteiger partial charge in [0.05, 0.1) is 25.7 Å². The number of carbonyl (C=O) groups is 11. The Morgan fingerprint density at radius 1 is 0.412 bits per heavy atom. The molecule has 0 aromatic carbocycles. The fourth-order valence-electron chi connectivity index (χ4n) is 6.86. The first-order chi connectivity index (χ1) is 32.3. The minimum absolute atomic E-state index is 0.00468. The van der Waals surface area contributed by atoms with Crippen molar-refractivity contribution in [2.24, 2.45) is 5.92 Å². The van der Waals surface area contributed by atoms with E-state index in [2.05, 4.69) is 21.3 Å². The van der Waals surface area contributed by atoms with Crippen molar-refractivity contribution < 1.29 is 87.7 Å². The van der Waals surface area contributed by atoms with E-state index in [-0.39, 0.29) is 96.4 Å². The average Bonchev–Trinajstić information content (AvgIpc) is 3.26. The number of rotatable bonds is 46. The molecule has 0 aliphatic carbocycles. The smallest absolute Gasteiger partial charge is 0.326 e. The maximum atomic E-state index is 12.5. The number of aliphatic carboxylic acids is 5. The summed E-state index contributed by atoms with van der Waals surface area (Å²) in [6.45, 7) is 0.847. The van der Waals surface area contributed by atoms with Crippen LogP contribution in [-0.4, -0.2) is 142 Å². The molecule has 22 nitrogen and oxygen atoms in total. The highest BCUT2D eigenvalue weighted by atomic mass is 16.5. The van der Waals surface area contributed by atoms with E-state index in [4.69, 9.17) is 14.6 Å². The molecule has 4 amide bonds. The summed E-state index contributed by atoms with van der Waals surface area (Å²) in [6.07, 6.45) is 12.3. The van der Waals surface area contributed by atoms with E-state index in [1.54, 1.807) is 0 Å². The highest BCUT2D eigenvalue weighted by Gasteiger charge is 2.26. The van der Waals surface area contributed by atoms with Crippen LogP contribution in [0.1, 0.15) is 167 Å². The topological polar surface area (TPSA) is 356 Å². The monoisotopic (exact) mass is 973 g/mol. The molecule has 0 fully saturated rings. The summed E-state index contributed by atoms with van der Waals surface area (Å²) in [4.78, 5) is 130. The third-order valence-corrected chi connectivity index (χ3v) is 10.8. The Kier molecular flexibility index (Phi) is 36.3. The van der Waals surface area contributed by atoms with Crippen molar-refractivity contribution in [3.63, 3.8) is 0 Å². The van der Waals surface area contributed by atoms with Gasteiger partial charge in [0.2, 0.25) is 23.6 Å². The largest absolute Gasteiger partial charge is 0.481 e. The molecule has 0 aromatic heterocycles. The number of amides is 4. The molecule has 0 aliphatic heterocycles. The van der Waals surface area contributed by atoms with Gasteiger partial charge in [-0.3, -0.25) is 33.6 Å². The first-order valence-corrected chi connectivity index (χ1v) is 23.8. The molecule has 0 saturated heterocycles. The molecule has 0 bridgehead atoms. The number of Topliss-reactive ketones (excluding diaryl/α,β-unsaturated/α-hetero) is 2. The van der Waals surface area contributed by atoms with Gasteiger partial charge in [0, 0.05) is 51.5 Å². The summed E-state index contributed by atoms with van der Waals surface area (Å²) in [5.41, 5.74) is 0. The third kappa shape index (κ3) is 36.6. The number of nitrogens with one attached hydrogen (secondary N) is 4. The molecule has 0 heterocycles. The van der Waals surface area contributed by atoms with Gasteiger partial charge >= 0.3 is 29.8 Å². The molecule has 0 unspecified atom stereocenters. The molecule has 68 heavy (non-hydrogen) atoms. The Balaban J connectivity index is 4.23. The van der Waals surface area contributed by atoms with Crippen LogP contribution in [-0.2, 0) is 62.2 Å². The van der Waals surface area contributed by atoms with Crippen molar-refractivity contribution >= 4 is 65.0 Å². The number of unbranched alkanes of at least 4 members (excludes halogenated alkanes) is 13. The summed E-state index contributed by atoms with van der Waals surface area (Å²) >= 11 is 0. The zero-order chi connectivity index (χ0) is 51.1. The summed E-state index contributed by atoms with van der Waals surface area (Å²) in [5, 5.41) is 56.0. The van der Waals surface area contributed by atoms with E-state index in [9.17, 15) is 73.2 Å². The fraction of sp³-hybridized carbons (Fsp3) is 0.761. The normalized spacial score (nSPS) is 12.7. The summed E-state index contributed by atoms with van der Waals surface area (Å²) in [5.74, 6) is -10.7. The molecule has 388 valence electrons. The van der Waals surface area contributed by atoms with Gasteiger partial charge in [-0.15, -0.1) is 0 Å². The van der Waals surface area contributed by atoms with Crippen molar-refractivity contribution in [2.45, 2.75) is 186 Å². The lowest BCUT2D eigenvalue weighted by Crippen LogP contribution is -2.44. The van der Waals surface area contributed by atoms with E-state index in [0.29, 0.717) is 6.42 Å². The van der Waals surface area contributed by atoms with Crippen LogP contribution < -0.4 is 21.3 Å². The predicted octanol–water partition coefficient (Wildman–Crippen LogP) is 3.54. The van der Waals surface area contributed by atoms with Gasteiger partial charge in [0.1, 0.15) is 30.5 Å². The van der Waals surface area contributed by atoms with Crippen LogP contribution in [0.5, 0.6) is 0 Å². The van der Waals surface area contributed by atoms with Gasteiger partial charge in [-0.25, -0.2) is 14.4 Å². The zero-order valence-electron chi connectivity index (χ0n) is 39.6. The lowest BCUT2D eigenvalue weighted by molar-refractivity contribution is -0.145. The molecule has 0 radical (unpaired) electrons. The fourth-order valence-corrected chi connectivity index (χ4v) is 6.86. The van der Waals surface area contributed by atoms with Gasteiger partial charge in [-0.1, -0.05) is 77.0 Å². The number of carbonyl (C=O) groups excluding carboxylic acids is 6. The van der Waals surface area contributed by atoms with Crippen molar-refractivity contribution in [1.82, 2.24) is 21.3 Å². The summed E-state index contributed by atoms with van der Waals surface area (Å²) in [6, 6.07) is -4.10. The van der Waals surface area contributed by atoms with Crippen LogP contribution in [0, 0.1) is 5.92 Å². The maximum Gasteiger partial charge on any atom is 0.326 e. The number of carboxylic acid groups (broad SMARTS) is 5. The van der Waals surface area contributed by atoms with Gasteiger partial charge in [0.15, 0.2) is 5.78 Å². The second kappa shape index (κ2) is 39.5. The van der Waals surface area contributed by atoms with Crippen molar-refractivity contribution in [3.05, 3.63) is 0 Å². The maximum absolute atomic E-state index is 12.5. The standard InChI is InChI=1S/C46H76N4O18/c1-32(51)18-20-35(44(61)62)49-40(55)23-19-33(43(59)60)30-34(52)31-68-29-28-67-27-26-47-38(53)24-21-36(45(63)64)50-41(56)25-22-37(46(65)66)48-39(54)16-14-12-10-8-6-4-2-3-5-7-9-11-13-15-17-42(57)58/h33,35-37H,2-31H2,1H3,(H,47,53)(H,48,54)(H,49,55)(H,50,56)(H,57,58)(H,59,60)(H,61,62)(H,63,64)(H,65,66)/t33-,35+,36+,37+/m1/s1. The Morgan fingerprint density at radius 2 is 0.794 bits per heavy atom. The average molecular weight is 973 g/mol. The van der Waals surface area contributed by atoms with Gasteiger partial charge in [-0.2, -0.15) is 0 Å². The first kappa shape index (κ1) is 62.5. The third-order valence-electron chi connectivity index (χ3n) is 10.8. The molecular formula is C46H76N4O18. The molecular weight excluding hydrogens is 897 g/mol. The van der Waals surface area contributed by atoms with E-state index in [1.807, 2.05) is 0 Å². The molecule has 0 rings (SSSR count). The van der Waals surface area contributed by atoms with E-state index < -0.39 is 96.3 Å². The highest BCUT2D eigenvalue weighted by Crippen LogP contribution is 2.15. The van der Waals surface area contributed by atoms with Crippen LogP contribution in [0.15, 0.2) is 0 Å². The predicted molar refractivity (Wildman–Crippen MR) is 243 cm³/mol. The molecule has 22 heteroatoms. The van der Waals surface area contributed by atoms with Gasteiger partial charge < -0.3 is 61.1 Å². The quantitative estimate of drug-likeness (QED) is 0.0394. The number of hydrogen-bond donors (Lipinski definition) is 9. The zero-order valence-corrected chi connectivity index (χ0v) is 39.6. The van der Waals surface area contributed by atoms with Crippen LogP contribution in [0.25, 0.3) is 0 Å². The SMILES string of the molecule is CC(=O)CC[C@H](NC(=O)CC[C@H](CC(=O)COCCOCCNC(=O)CC[C@H](NC(=O)CC[C@H](NC(=O)CCCCCCCCCCCCCCCCC(=O)O)C(=O)O)C(=O)O)C(=O)O)C(=O)O. The van der Waals surface area contributed by atoms with E-state index in [0.717, 1.165) is 57.8 Å². The number of ketones is 2. The first-order valence-electron chi connectivity index (χ1n) is 23.8. The Labute approximate surface area is 397 Å². The Bertz CT molecular complexity index is 1590. The Hall–Kier alpha value is -5.51. The molecule has 4 atom stereocenters. The molecule has 0 aromatic rings. The molecule has 9 N–H and O–H groups in total. The van der Waals surface area contributed by atoms with Crippen molar-refractivity contribution in [1.29, 1.82) is 0 Å². The molecule has 0 saturated carbocycles. The lowest BCUT2D eigenvalue weighted by atomic mass is 9.97. The van der Waals surface area contributed by atoms with Crippen molar-refractivity contribution in [2.75, 3.05) is 33.0 Å². The molecule has 0 aliphatic rings. The van der Waals surface area contributed by atoms with Crippen molar-refractivity contribution in [3.8, 4) is 0 Å². The number of carboxylic acids is 5. The van der Waals surface area contributed by atoms with Gasteiger partial charge in [0.25, 0.3) is 0 Å². The van der Waals surface area contributed by atoms with Crippen LogP contribution in [0.3, 0.4) is 0 Å².